The van der Waals surface area contributed by atoms with Crippen LogP contribution in [0.1, 0.15) is 18.9 Å². The second kappa shape index (κ2) is 4.29. The van der Waals surface area contributed by atoms with E-state index in [1.165, 1.54) is 12.1 Å². The number of benzene rings is 1. The molecule has 0 saturated carbocycles. The third kappa shape index (κ3) is 2.13. The van der Waals surface area contributed by atoms with Gasteiger partial charge in [-0.05, 0) is 6.92 Å². The average molecular weight is 233 g/mol. The van der Waals surface area contributed by atoms with Gasteiger partial charge in [0.1, 0.15) is 0 Å². The molecule has 1 N–H and O–H groups in total. The summed E-state index contributed by atoms with van der Waals surface area (Å²) in [4.78, 5) is 10.5. The van der Waals surface area contributed by atoms with Gasteiger partial charge in [0.25, 0.3) is 5.69 Å². The first-order chi connectivity index (χ1) is 8.11. The molecule has 1 aromatic carbocycles. The van der Waals surface area contributed by atoms with Gasteiger partial charge in [-0.3, -0.25) is 10.1 Å². The Morgan fingerprint density at radius 2 is 2.41 bits per heavy atom. The number of fused-ring (bicyclic) bond motifs is 1. The number of nitro benzene ring substituents is 1. The largest absolute Gasteiger partial charge is 0.491 e. The molecule has 0 radical (unpaired) electrons. The van der Waals surface area contributed by atoms with Gasteiger partial charge in [-0.15, -0.1) is 0 Å². The van der Waals surface area contributed by atoms with E-state index >= 15 is 0 Å². The minimum atomic E-state index is -0.506. The molecule has 6 nitrogen and oxygen atoms in total. The van der Waals surface area contributed by atoms with Crippen LogP contribution in [0.2, 0.25) is 0 Å². The molecule has 1 aliphatic rings. The van der Waals surface area contributed by atoms with Crippen molar-refractivity contribution < 1.29 is 9.66 Å². The predicted octanol–water partition coefficient (Wildman–Crippen LogP) is 2.05. The number of hydrogen-bond acceptors (Lipinski definition) is 5. The molecular formula is C11H11N3O3. The molecule has 0 amide bonds. The fraction of sp³-hybridized carbons (Fsp3) is 0.364. The maximum Gasteiger partial charge on any atom is 0.297 e. The maximum atomic E-state index is 11.0. The normalized spacial score (nSPS) is 18.0. The zero-order valence-corrected chi connectivity index (χ0v) is 9.27. The van der Waals surface area contributed by atoms with E-state index in [1.807, 2.05) is 13.0 Å². The third-order valence-electron chi connectivity index (χ3n) is 2.61. The second-order valence-corrected chi connectivity index (χ2v) is 3.92. The smallest absolute Gasteiger partial charge is 0.297 e. The van der Waals surface area contributed by atoms with Gasteiger partial charge >= 0.3 is 0 Å². The Kier molecular flexibility index (Phi) is 2.83. The van der Waals surface area contributed by atoms with E-state index in [-0.39, 0.29) is 17.3 Å². The van der Waals surface area contributed by atoms with Crippen molar-refractivity contribution in [1.82, 2.24) is 0 Å². The summed E-state index contributed by atoms with van der Waals surface area (Å²) in [5.74, 6) is 0.375. The lowest BCUT2D eigenvalue weighted by molar-refractivity contribution is -0.384. The van der Waals surface area contributed by atoms with Gasteiger partial charge in [0, 0.05) is 24.6 Å². The highest BCUT2D eigenvalue weighted by molar-refractivity contribution is 5.73. The zero-order chi connectivity index (χ0) is 12.4. The fourth-order valence-electron chi connectivity index (χ4n) is 1.73. The number of nitrogens with zero attached hydrogens (tertiary/aromatic N) is 2. The maximum absolute atomic E-state index is 11.0. The van der Waals surface area contributed by atoms with Crippen molar-refractivity contribution in [3.63, 3.8) is 0 Å². The topological polar surface area (TPSA) is 88.2 Å². The average Bonchev–Trinajstić information content (AvgIpc) is 2.48. The van der Waals surface area contributed by atoms with E-state index in [0.717, 1.165) is 6.42 Å². The number of anilines is 1. The summed E-state index contributed by atoms with van der Waals surface area (Å²) in [6.45, 7) is 2.41. The Balaban J connectivity index is 2.59. The first-order valence-electron chi connectivity index (χ1n) is 5.23. The molecule has 0 aliphatic carbocycles. The number of nitro groups is 1. The van der Waals surface area contributed by atoms with Crippen molar-refractivity contribution in [2.45, 2.75) is 19.4 Å². The number of hydrogen-bond donors (Lipinski definition) is 1. The van der Waals surface area contributed by atoms with Gasteiger partial charge in [0.15, 0.2) is 11.4 Å². The number of rotatable bonds is 1. The molecule has 0 saturated heterocycles. The molecule has 1 heterocycles. The van der Waals surface area contributed by atoms with Crippen LogP contribution in [0.15, 0.2) is 12.1 Å². The molecule has 1 atom stereocenters. The summed E-state index contributed by atoms with van der Waals surface area (Å²) < 4.78 is 5.43. The molecule has 6 heteroatoms. The molecule has 0 unspecified atom stereocenters. The summed E-state index contributed by atoms with van der Waals surface area (Å²) in [5.41, 5.74) is 0.471. The van der Waals surface area contributed by atoms with E-state index in [0.29, 0.717) is 18.0 Å². The minimum Gasteiger partial charge on any atom is -0.491 e. The minimum absolute atomic E-state index is 0.0999. The van der Waals surface area contributed by atoms with Crippen LogP contribution in [-0.2, 0) is 0 Å². The van der Waals surface area contributed by atoms with Crippen molar-refractivity contribution in [3.8, 4) is 11.8 Å². The van der Waals surface area contributed by atoms with E-state index in [9.17, 15) is 10.1 Å². The van der Waals surface area contributed by atoms with Crippen LogP contribution in [0.3, 0.4) is 0 Å². The van der Waals surface area contributed by atoms with Gasteiger partial charge in [-0.1, -0.05) is 0 Å². The number of nitrogens with one attached hydrogen (secondary N) is 1. The van der Waals surface area contributed by atoms with Crippen molar-refractivity contribution in [1.29, 1.82) is 5.26 Å². The van der Waals surface area contributed by atoms with Crippen molar-refractivity contribution >= 4 is 11.4 Å². The summed E-state index contributed by atoms with van der Waals surface area (Å²) in [5, 5.41) is 22.8. The van der Waals surface area contributed by atoms with Crippen molar-refractivity contribution in [2.75, 3.05) is 11.9 Å². The van der Waals surface area contributed by atoms with Gasteiger partial charge in [0.2, 0.25) is 0 Å². The highest BCUT2D eigenvalue weighted by atomic mass is 16.6. The highest BCUT2D eigenvalue weighted by Crippen LogP contribution is 2.38. The van der Waals surface area contributed by atoms with Crippen LogP contribution in [0.25, 0.3) is 0 Å². The summed E-state index contributed by atoms with van der Waals surface area (Å²) in [6, 6.07) is 4.77. The molecule has 2 rings (SSSR count). The van der Waals surface area contributed by atoms with Crippen LogP contribution in [0.4, 0.5) is 11.4 Å². The van der Waals surface area contributed by atoms with Crippen LogP contribution < -0.4 is 10.1 Å². The Morgan fingerprint density at radius 1 is 1.65 bits per heavy atom. The molecule has 88 valence electrons. The molecular weight excluding hydrogens is 222 g/mol. The number of ether oxygens (including phenoxy) is 1. The summed E-state index contributed by atoms with van der Waals surface area (Å²) >= 11 is 0. The lowest BCUT2D eigenvalue weighted by Gasteiger charge is -2.11. The van der Waals surface area contributed by atoms with Crippen LogP contribution in [0.5, 0.6) is 5.75 Å². The molecule has 0 fully saturated rings. The quantitative estimate of drug-likeness (QED) is 0.592. The van der Waals surface area contributed by atoms with Crippen LogP contribution in [-0.4, -0.2) is 17.6 Å². The van der Waals surface area contributed by atoms with Gasteiger partial charge in [0.05, 0.1) is 23.2 Å². The van der Waals surface area contributed by atoms with Crippen LogP contribution in [0, 0.1) is 21.4 Å². The molecule has 0 aromatic heterocycles. The molecule has 1 aliphatic heterocycles. The second-order valence-electron chi connectivity index (χ2n) is 3.92. The monoisotopic (exact) mass is 233 g/mol. The molecule has 17 heavy (non-hydrogen) atoms. The highest BCUT2D eigenvalue weighted by Gasteiger charge is 2.24. The Morgan fingerprint density at radius 3 is 3.06 bits per heavy atom. The molecule has 0 spiro atoms. The van der Waals surface area contributed by atoms with E-state index in [2.05, 4.69) is 5.32 Å². The number of nitriles is 1. The first-order valence-corrected chi connectivity index (χ1v) is 5.23. The summed E-state index contributed by atoms with van der Waals surface area (Å²) in [6.07, 6.45) is 0.758. The Hall–Kier alpha value is -2.29. The zero-order valence-electron chi connectivity index (χ0n) is 9.27. The first kappa shape index (κ1) is 11.2. The van der Waals surface area contributed by atoms with Crippen LogP contribution >= 0.6 is 0 Å². The lowest BCUT2D eigenvalue weighted by Crippen LogP contribution is -2.15. The van der Waals surface area contributed by atoms with Gasteiger partial charge < -0.3 is 10.1 Å². The van der Waals surface area contributed by atoms with Gasteiger partial charge in [-0.25, -0.2) is 0 Å². The molecule has 0 bridgehead atoms. The van der Waals surface area contributed by atoms with E-state index in [4.69, 9.17) is 10.00 Å². The SMILES string of the molecule is C[C@H]1CCOc2cc(C#N)cc([N+](=O)[O-])c2N1. The molecule has 1 aromatic rings. The van der Waals surface area contributed by atoms with Crippen molar-refractivity contribution in [2.24, 2.45) is 0 Å². The van der Waals surface area contributed by atoms with Crippen molar-refractivity contribution in [3.05, 3.63) is 27.8 Å². The third-order valence-corrected chi connectivity index (χ3v) is 2.61. The summed E-state index contributed by atoms with van der Waals surface area (Å²) in [7, 11) is 0. The Labute approximate surface area is 98.0 Å². The standard InChI is InChI=1S/C11H11N3O3/c1-7-2-3-17-10-5-8(6-12)4-9(14(15)16)11(10)13-7/h4-5,7,13H,2-3H2,1H3/t7-/m0/s1. The Bertz CT molecular complexity index is 507. The van der Waals surface area contributed by atoms with Gasteiger partial charge in [-0.2, -0.15) is 5.26 Å². The van der Waals surface area contributed by atoms with E-state index in [1.54, 1.807) is 0 Å². The lowest BCUT2D eigenvalue weighted by atomic mass is 10.1. The fourth-order valence-corrected chi connectivity index (χ4v) is 1.73. The predicted molar refractivity (Wildman–Crippen MR) is 61.0 cm³/mol. The van der Waals surface area contributed by atoms with E-state index < -0.39 is 4.92 Å².